The monoisotopic (exact) mass is 244 g/mol. The molecule has 3 nitrogen and oxygen atoms in total. The fraction of sp³-hybridized carbons (Fsp3) is 0.533. The third-order valence-electron chi connectivity index (χ3n) is 4.30. The predicted octanol–water partition coefficient (Wildman–Crippen LogP) is 2.35. The minimum Gasteiger partial charge on any atom is -0.496 e. The maximum atomic E-state index is 5.36. The molecule has 3 saturated heterocycles. The number of ether oxygens (including phenoxy) is 1. The Morgan fingerprint density at radius 2 is 1.83 bits per heavy atom. The fourth-order valence-electron chi connectivity index (χ4n) is 2.98. The second-order valence-electron chi connectivity index (χ2n) is 5.32. The average molecular weight is 244 g/mol. The number of nitrogens with zero attached hydrogens (tertiary/aromatic N) is 2. The number of hydrogen-bond acceptors (Lipinski definition) is 3. The number of hydrogen-bond donors (Lipinski definition) is 0. The molecule has 18 heavy (non-hydrogen) atoms. The van der Waals surface area contributed by atoms with Crippen LogP contribution >= 0.6 is 0 Å². The van der Waals surface area contributed by atoms with Crippen LogP contribution in [-0.4, -0.2) is 43.4 Å². The Labute approximate surface area is 108 Å². The summed E-state index contributed by atoms with van der Waals surface area (Å²) in [5.74, 6) is 0.908. The maximum Gasteiger partial charge on any atom is 0.127 e. The van der Waals surface area contributed by atoms with Crippen molar-refractivity contribution in [3.63, 3.8) is 0 Å². The van der Waals surface area contributed by atoms with Gasteiger partial charge in [0.1, 0.15) is 5.75 Å². The molecule has 0 aromatic heterocycles. The van der Waals surface area contributed by atoms with Gasteiger partial charge in [-0.2, -0.15) is 0 Å². The maximum absolute atomic E-state index is 5.36. The van der Waals surface area contributed by atoms with Crippen LogP contribution in [0.2, 0.25) is 0 Å². The summed E-state index contributed by atoms with van der Waals surface area (Å²) in [6.07, 6.45) is 5.63. The number of piperidine rings is 3. The van der Waals surface area contributed by atoms with Gasteiger partial charge in [0.15, 0.2) is 0 Å². The van der Waals surface area contributed by atoms with E-state index in [0.29, 0.717) is 0 Å². The fourth-order valence-corrected chi connectivity index (χ4v) is 2.98. The van der Waals surface area contributed by atoms with Crippen LogP contribution in [0.1, 0.15) is 24.8 Å². The highest BCUT2D eigenvalue weighted by molar-refractivity contribution is 5.83. The van der Waals surface area contributed by atoms with Crippen molar-refractivity contribution in [1.82, 2.24) is 4.90 Å². The molecule has 0 atom stereocenters. The standard InChI is InChI=1S/C15H20N2O/c1-18-14-5-3-2-4-13(14)12-16-15-6-9-17(10-7-15)11-8-15/h2-5,12H,6-11H2,1H3. The first kappa shape index (κ1) is 11.7. The molecule has 0 unspecified atom stereocenters. The van der Waals surface area contributed by atoms with Gasteiger partial charge < -0.3 is 9.64 Å². The van der Waals surface area contributed by atoms with E-state index >= 15 is 0 Å². The number of methoxy groups -OCH3 is 1. The largest absolute Gasteiger partial charge is 0.496 e. The van der Waals surface area contributed by atoms with Crippen LogP contribution in [0.15, 0.2) is 29.3 Å². The lowest BCUT2D eigenvalue weighted by Gasteiger charge is -2.46. The highest BCUT2D eigenvalue weighted by Crippen LogP contribution is 2.35. The van der Waals surface area contributed by atoms with Crippen molar-refractivity contribution in [3.8, 4) is 5.75 Å². The zero-order valence-electron chi connectivity index (χ0n) is 10.9. The normalized spacial score (nSPS) is 30.8. The molecule has 2 bridgehead atoms. The summed E-state index contributed by atoms with van der Waals surface area (Å²) in [5, 5.41) is 0. The minimum absolute atomic E-state index is 0.204. The lowest BCUT2D eigenvalue weighted by molar-refractivity contribution is 0.0887. The third kappa shape index (κ3) is 2.15. The summed E-state index contributed by atoms with van der Waals surface area (Å²) in [6.45, 7) is 3.63. The molecule has 0 saturated carbocycles. The highest BCUT2D eigenvalue weighted by atomic mass is 16.5. The van der Waals surface area contributed by atoms with E-state index in [1.807, 2.05) is 24.4 Å². The second-order valence-corrected chi connectivity index (χ2v) is 5.32. The predicted molar refractivity (Wildman–Crippen MR) is 73.6 cm³/mol. The molecular weight excluding hydrogens is 224 g/mol. The van der Waals surface area contributed by atoms with Crippen molar-refractivity contribution in [2.45, 2.75) is 24.8 Å². The van der Waals surface area contributed by atoms with E-state index in [1.54, 1.807) is 7.11 Å². The number of fused-ring (bicyclic) bond motifs is 3. The van der Waals surface area contributed by atoms with Crippen LogP contribution in [0.3, 0.4) is 0 Å². The summed E-state index contributed by atoms with van der Waals surface area (Å²) < 4.78 is 5.36. The Morgan fingerprint density at radius 3 is 2.50 bits per heavy atom. The third-order valence-corrected chi connectivity index (χ3v) is 4.30. The zero-order chi connectivity index (χ0) is 12.4. The van der Waals surface area contributed by atoms with Crippen molar-refractivity contribution in [1.29, 1.82) is 0 Å². The smallest absolute Gasteiger partial charge is 0.127 e. The quantitative estimate of drug-likeness (QED) is 0.762. The summed E-state index contributed by atoms with van der Waals surface area (Å²) >= 11 is 0. The van der Waals surface area contributed by atoms with E-state index in [4.69, 9.17) is 9.73 Å². The van der Waals surface area contributed by atoms with Crippen LogP contribution in [0.4, 0.5) is 0 Å². The van der Waals surface area contributed by atoms with E-state index in [-0.39, 0.29) is 5.54 Å². The van der Waals surface area contributed by atoms with E-state index in [2.05, 4.69) is 11.0 Å². The average Bonchev–Trinajstić information content (AvgIpc) is 2.47. The van der Waals surface area contributed by atoms with Gasteiger partial charge in [-0.3, -0.25) is 4.99 Å². The molecule has 1 aromatic rings. The minimum atomic E-state index is 0.204. The molecule has 0 radical (unpaired) electrons. The van der Waals surface area contributed by atoms with Gasteiger partial charge in [-0.1, -0.05) is 12.1 Å². The van der Waals surface area contributed by atoms with Gasteiger partial charge >= 0.3 is 0 Å². The van der Waals surface area contributed by atoms with Crippen molar-refractivity contribution in [2.24, 2.45) is 4.99 Å². The van der Waals surface area contributed by atoms with Gasteiger partial charge in [-0.05, 0) is 31.4 Å². The molecule has 3 aliphatic rings. The second kappa shape index (κ2) is 4.73. The lowest BCUT2D eigenvalue weighted by Crippen LogP contribution is -2.51. The van der Waals surface area contributed by atoms with Crippen molar-refractivity contribution in [3.05, 3.63) is 29.8 Å². The van der Waals surface area contributed by atoms with Gasteiger partial charge in [-0.15, -0.1) is 0 Å². The summed E-state index contributed by atoms with van der Waals surface area (Å²) in [6, 6.07) is 8.08. The molecule has 3 heteroatoms. The van der Waals surface area contributed by atoms with Crippen LogP contribution in [0, 0.1) is 0 Å². The Hall–Kier alpha value is -1.35. The summed E-state index contributed by atoms with van der Waals surface area (Å²) in [5.41, 5.74) is 1.29. The van der Waals surface area contributed by atoms with Crippen LogP contribution in [0.5, 0.6) is 5.75 Å². The van der Waals surface area contributed by atoms with Gasteiger partial charge in [-0.25, -0.2) is 0 Å². The van der Waals surface area contributed by atoms with E-state index in [9.17, 15) is 0 Å². The number of para-hydroxylation sites is 1. The molecule has 4 rings (SSSR count). The van der Waals surface area contributed by atoms with E-state index in [0.717, 1.165) is 11.3 Å². The summed E-state index contributed by atoms with van der Waals surface area (Å²) in [4.78, 5) is 7.46. The molecule has 0 spiro atoms. The molecule has 3 aliphatic heterocycles. The zero-order valence-corrected chi connectivity index (χ0v) is 10.9. The van der Waals surface area contributed by atoms with Gasteiger partial charge in [0.05, 0.1) is 12.6 Å². The molecule has 0 N–H and O–H groups in total. The van der Waals surface area contributed by atoms with Crippen molar-refractivity contribution < 1.29 is 4.74 Å². The molecule has 0 amide bonds. The SMILES string of the molecule is COc1ccccc1C=NC12CCN(CC1)CC2. The molecule has 0 aliphatic carbocycles. The van der Waals surface area contributed by atoms with E-state index in [1.165, 1.54) is 38.9 Å². The summed E-state index contributed by atoms with van der Waals surface area (Å²) in [7, 11) is 1.71. The van der Waals surface area contributed by atoms with Crippen molar-refractivity contribution >= 4 is 6.21 Å². The topological polar surface area (TPSA) is 24.8 Å². The van der Waals surface area contributed by atoms with Crippen LogP contribution in [-0.2, 0) is 0 Å². The highest BCUT2D eigenvalue weighted by Gasteiger charge is 2.38. The van der Waals surface area contributed by atoms with Gasteiger partial charge in [0.25, 0.3) is 0 Å². The first-order chi connectivity index (χ1) is 8.81. The number of aliphatic imine (C=N–C) groups is 1. The van der Waals surface area contributed by atoms with Gasteiger partial charge in [0.2, 0.25) is 0 Å². The number of rotatable bonds is 3. The lowest BCUT2D eigenvalue weighted by atomic mass is 9.80. The van der Waals surface area contributed by atoms with Gasteiger partial charge in [0, 0.05) is 31.4 Å². The molecule has 3 heterocycles. The molecular formula is C15H20N2O. The van der Waals surface area contributed by atoms with E-state index < -0.39 is 0 Å². The first-order valence-electron chi connectivity index (χ1n) is 6.72. The number of benzene rings is 1. The molecule has 3 fully saturated rings. The van der Waals surface area contributed by atoms with Crippen LogP contribution in [0.25, 0.3) is 0 Å². The Bertz CT molecular complexity index is 434. The van der Waals surface area contributed by atoms with Crippen LogP contribution < -0.4 is 4.74 Å². The Morgan fingerprint density at radius 1 is 1.17 bits per heavy atom. The van der Waals surface area contributed by atoms with Crippen molar-refractivity contribution in [2.75, 3.05) is 26.7 Å². The first-order valence-corrected chi connectivity index (χ1v) is 6.72. The Kier molecular flexibility index (Phi) is 3.08. The molecule has 1 aromatic carbocycles. The Balaban J connectivity index is 1.80. The molecule has 96 valence electrons.